The van der Waals surface area contributed by atoms with Gasteiger partial charge in [0.2, 0.25) is 0 Å². The number of aliphatic hydroxyl groups is 1. The molecular weight excluding hydrogens is 1040 g/mol. The van der Waals surface area contributed by atoms with Crippen LogP contribution in [0, 0.1) is 17.1 Å². The van der Waals surface area contributed by atoms with Gasteiger partial charge in [-0.05, 0) is 94.9 Å². The maximum atomic E-state index is 16.3. The summed E-state index contributed by atoms with van der Waals surface area (Å²) < 4.78 is 68.6. The zero-order chi connectivity index (χ0) is 56.8. The number of alkyl halides is 3. The van der Waals surface area contributed by atoms with Gasteiger partial charge in [0.05, 0.1) is 45.6 Å². The summed E-state index contributed by atoms with van der Waals surface area (Å²) in [5, 5.41) is 19.2. The minimum atomic E-state index is -4.13. The molecule has 3 aromatic heterocycles. The zero-order valence-corrected chi connectivity index (χ0v) is 45.2. The summed E-state index contributed by atoms with van der Waals surface area (Å²) >= 11 is 6.63. The number of allylic oxidation sites excluding steroid dienone is 2. The number of pyridine rings is 2. The molecule has 2 unspecified atom stereocenters. The minimum Gasteiger partial charge on any atom is -0.486 e. The molecule has 3 N–H and O–H groups in total. The Balaban J connectivity index is 0.000000669. The second-order valence-corrected chi connectivity index (χ2v) is 19.3. The number of aryl methyl sites for hydroxylation is 1. The van der Waals surface area contributed by atoms with Crippen molar-refractivity contribution in [1.29, 1.82) is 5.26 Å². The van der Waals surface area contributed by atoms with E-state index in [1.165, 1.54) is 20.1 Å². The number of aromatic nitrogens is 4. The van der Waals surface area contributed by atoms with Crippen molar-refractivity contribution >= 4 is 57.3 Å². The minimum absolute atomic E-state index is 0.00140. The number of nitrogens with zero attached hydrogens (tertiary/aromatic N) is 9. The molecule has 3 saturated heterocycles. The van der Waals surface area contributed by atoms with Crippen molar-refractivity contribution in [2.45, 2.75) is 111 Å². The first-order chi connectivity index (χ1) is 37.2. The van der Waals surface area contributed by atoms with Gasteiger partial charge in [0.25, 0.3) is 11.5 Å². The third-order valence-electron chi connectivity index (χ3n) is 14.2. The number of hydrogen-bond donors (Lipinski definition) is 2. The lowest BCUT2D eigenvalue weighted by Crippen LogP contribution is -2.50. The van der Waals surface area contributed by atoms with Gasteiger partial charge >= 0.3 is 18.2 Å². The van der Waals surface area contributed by atoms with Crippen LogP contribution in [0.4, 0.5) is 23.4 Å². The van der Waals surface area contributed by atoms with E-state index in [9.17, 15) is 32.7 Å². The van der Waals surface area contributed by atoms with Crippen LogP contribution in [-0.4, -0.2) is 116 Å². The molecule has 5 aliphatic heterocycles. The summed E-state index contributed by atoms with van der Waals surface area (Å²) in [6.07, 6.45) is 0.879. The summed E-state index contributed by atoms with van der Waals surface area (Å²) in [6, 6.07) is 10.6. The third-order valence-corrected chi connectivity index (χ3v) is 14.5. The van der Waals surface area contributed by atoms with Gasteiger partial charge in [-0.15, -0.1) is 0 Å². The number of ether oxygens (including phenoxy) is 3. The molecule has 0 bridgehead atoms. The predicted molar refractivity (Wildman–Crippen MR) is 290 cm³/mol. The molecule has 3 fully saturated rings. The van der Waals surface area contributed by atoms with Gasteiger partial charge in [0, 0.05) is 78.4 Å². The summed E-state index contributed by atoms with van der Waals surface area (Å²) in [4.78, 5) is 64.2. The number of fused-ring (bicyclic) bond motifs is 7. The van der Waals surface area contributed by atoms with Crippen molar-refractivity contribution in [3.63, 3.8) is 0 Å². The number of nitriles is 1. The summed E-state index contributed by atoms with van der Waals surface area (Å²) in [6.45, 7) is 22.2. The molecule has 1 amide bonds. The van der Waals surface area contributed by atoms with Gasteiger partial charge in [-0.3, -0.25) is 14.5 Å². The molecule has 5 aliphatic rings. The van der Waals surface area contributed by atoms with Gasteiger partial charge in [0.15, 0.2) is 11.9 Å². The molecule has 2 aromatic carbocycles. The number of halogens is 5. The van der Waals surface area contributed by atoms with Gasteiger partial charge in [-0.2, -0.15) is 28.4 Å². The highest BCUT2D eigenvalue weighted by Gasteiger charge is 2.45. The number of rotatable bonds is 11. The fourth-order valence-electron chi connectivity index (χ4n) is 10.5. The number of anilines is 1. The van der Waals surface area contributed by atoms with Crippen molar-refractivity contribution in [3.8, 4) is 29.2 Å². The van der Waals surface area contributed by atoms with E-state index in [2.05, 4.69) is 28.0 Å². The number of cyclic esters (lactones) is 1. The first kappa shape index (κ1) is 58.3. The number of hydrogen-bond acceptors (Lipinski definition) is 15. The predicted octanol–water partition coefficient (Wildman–Crippen LogP) is 9.02. The number of aliphatic hydroxyl groups excluding tert-OH is 1. The Kier molecular flexibility index (Phi) is 18.3. The van der Waals surface area contributed by atoms with Crippen LogP contribution in [0.25, 0.3) is 33.2 Å². The Morgan fingerprint density at radius 2 is 1.74 bits per heavy atom. The maximum absolute atomic E-state index is 16.3. The van der Waals surface area contributed by atoms with Crippen LogP contribution in [0.3, 0.4) is 0 Å². The standard InChI is InChI=1S/C48H49ClFN9O7.C4H5F3.C2H3N.C2H6/c1-5-29-30-18-28(8-9-37(30)53-40-34(29)22-59-38(40)20-31-35(45(59)62)23-64-46(63)42(31)60)66-26(3)25(2)44(61)57-16-14-56(15-17-57)43-32-19-36(49)33(21-52-27(4)51)39(50)41(32)54-47(55-43)65-24-48-10-6-12-58(48)13-7-11-48;1-2-3-4(5,6)7;1-2-3;1-2/h8-9,18-21,26,42,60H,2,4-7,10-17,22-24,51H2,1,3H3;2-3H,1H3;1H3;1-2H3/b52-21+;3-2+;;. The van der Waals surface area contributed by atoms with Crippen molar-refractivity contribution < 1.29 is 46.5 Å². The number of piperazine rings is 1. The lowest BCUT2D eigenvalue weighted by Gasteiger charge is -2.37. The molecule has 8 heterocycles. The molecule has 414 valence electrons. The van der Waals surface area contributed by atoms with Crippen LogP contribution >= 0.6 is 11.6 Å². The Morgan fingerprint density at radius 3 is 2.36 bits per heavy atom. The summed E-state index contributed by atoms with van der Waals surface area (Å²) in [7, 11) is 0. The Bertz CT molecular complexity index is 3300. The van der Waals surface area contributed by atoms with Gasteiger partial charge in [-0.1, -0.05) is 51.6 Å². The zero-order valence-electron chi connectivity index (χ0n) is 44.5. The van der Waals surface area contributed by atoms with Crippen molar-refractivity contribution in [2.24, 2.45) is 10.7 Å². The largest absolute Gasteiger partial charge is 0.486 e. The van der Waals surface area contributed by atoms with Crippen molar-refractivity contribution in [3.05, 3.63) is 116 Å². The number of nitrogens with two attached hydrogens (primary N) is 1. The monoisotopic (exact) mass is 1100 g/mol. The highest BCUT2D eigenvalue weighted by Crippen LogP contribution is 2.41. The van der Waals surface area contributed by atoms with Gasteiger partial charge in [-0.25, -0.2) is 19.2 Å². The van der Waals surface area contributed by atoms with E-state index in [1.54, 1.807) is 40.7 Å². The smallest absolute Gasteiger partial charge is 0.409 e. The van der Waals surface area contributed by atoms with E-state index < -0.39 is 30.2 Å². The second-order valence-electron chi connectivity index (χ2n) is 18.9. The quantitative estimate of drug-likeness (QED) is 0.0407. The molecule has 78 heavy (non-hydrogen) atoms. The van der Waals surface area contributed by atoms with E-state index in [0.29, 0.717) is 73.1 Å². The molecule has 0 saturated carbocycles. The Labute approximate surface area is 454 Å². The van der Waals surface area contributed by atoms with Gasteiger partial charge in [0.1, 0.15) is 42.2 Å². The van der Waals surface area contributed by atoms with Crippen LogP contribution in [0.2, 0.25) is 5.02 Å². The van der Waals surface area contributed by atoms with Crippen LogP contribution in [0.1, 0.15) is 101 Å². The SMILES string of the molecule is C/C=C/C(F)(F)F.C=C(N)/N=C/c1c(Cl)cc2c(N3CCN(C(=O)C(=C)C(C)Oc4ccc5nc6c(c(CC)c5c4)Cn4c-6cc5c(c4=O)COC(=O)C5O)CC3)nc(OCC34CCCN3CCC4)nc2c1F.CC.CC#N. The lowest BCUT2D eigenvalue weighted by atomic mass is 9.95. The average molecular weight is 1100 g/mol. The molecule has 0 aliphatic carbocycles. The van der Waals surface area contributed by atoms with Gasteiger partial charge < -0.3 is 39.4 Å². The fraction of sp³-hybridized carbons (Fsp3) is 0.429. The molecule has 22 heteroatoms. The van der Waals surface area contributed by atoms with Crippen molar-refractivity contribution in [1.82, 2.24) is 29.3 Å². The third kappa shape index (κ3) is 12.0. The molecule has 10 rings (SSSR count). The lowest BCUT2D eigenvalue weighted by molar-refractivity contribution is -0.157. The number of esters is 1. The first-order valence-corrected chi connectivity index (χ1v) is 26.1. The summed E-state index contributed by atoms with van der Waals surface area (Å²) in [5.41, 5.74) is 9.75. The highest BCUT2D eigenvalue weighted by atomic mass is 35.5. The normalized spacial score (nSPS) is 17.6. The second kappa shape index (κ2) is 24.5. The molecular formula is C56H63ClF4N10O7. The maximum Gasteiger partial charge on any atom is 0.409 e. The summed E-state index contributed by atoms with van der Waals surface area (Å²) in [5.74, 6) is -0.774. The number of aliphatic imine (C=N–C) groups is 1. The van der Waals surface area contributed by atoms with Crippen LogP contribution < -0.4 is 25.7 Å². The fourth-order valence-corrected chi connectivity index (χ4v) is 10.8. The van der Waals surface area contributed by atoms with E-state index in [-0.39, 0.29) is 80.9 Å². The highest BCUT2D eigenvalue weighted by molar-refractivity contribution is 6.34. The number of carbonyl (C=O) groups excluding carboxylic acids is 2. The first-order valence-electron chi connectivity index (χ1n) is 25.8. The van der Waals surface area contributed by atoms with E-state index >= 15 is 4.39 Å². The molecule has 5 aromatic rings. The van der Waals surface area contributed by atoms with E-state index in [4.69, 9.17) is 46.8 Å². The number of benzene rings is 2. The van der Waals surface area contributed by atoms with Crippen LogP contribution in [0.5, 0.6) is 11.8 Å². The Morgan fingerprint density at radius 1 is 1.06 bits per heavy atom. The molecule has 17 nitrogen and oxygen atoms in total. The van der Waals surface area contributed by atoms with E-state index in [1.807, 2.05) is 37.8 Å². The molecule has 0 radical (unpaired) electrons. The number of amides is 1. The number of carbonyl (C=O) groups is 2. The van der Waals surface area contributed by atoms with Crippen LogP contribution in [0.15, 0.2) is 76.8 Å². The van der Waals surface area contributed by atoms with E-state index in [0.717, 1.165) is 61.4 Å². The Hall–Kier alpha value is -7.41. The van der Waals surface area contributed by atoms with Crippen LogP contribution in [-0.2, 0) is 33.9 Å². The molecule has 2 atom stereocenters. The topological polar surface area (TPSA) is 215 Å². The average Bonchev–Trinajstić information content (AvgIpc) is 4.17. The van der Waals surface area contributed by atoms with Crippen molar-refractivity contribution in [2.75, 3.05) is 50.8 Å². The molecule has 0 spiro atoms.